The number of halogens is 3. The highest BCUT2D eigenvalue weighted by Crippen LogP contribution is 2.18. The number of sulfonamides is 1. The molecule has 0 aliphatic carbocycles. The largest absolute Gasteiger partial charge is 0.243 e. The van der Waals surface area contributed by atoms with Gasteiger partial charge in [0.2, 0.25) is 10.0 Å². The smallest absolute Gasteiger partial charge is 0.211 e. The molecular weight excluding hydrogens is 231 g/mol. The van der Waals surface area contributed by atoms with Crippen LogP contribution in [0.5, 0.6) is 0 Å². The third kappa shape index (κ3) is 2.48. The molecule has 0 amide bonds. The molecule has 0 spiro atoms. The lowest BCUT2D eigenvalue weighted by molar-refractivity contribution is 0.469. The first-order valence-corrected chi connectivity index (χ1v) is 5.51. The highest BCUT2D eigenvalue weighted by atomic mass is 32.2. The third-order valence-electron chi connectivity index (χ3n) is 1.58. The topological polar surface area (TPSA) is 46.2 Å². The van der Waals surface area contributed by atoms with E-state index in [0.29, 0.717) is 6.07 Å². The molecule has 0 radical (unpaired) electrons. The zero-order chi connectivity index (χ0) is 11.6. The summed E-state index contributed by atoms with van der Waals surface area (Å²) in [7, 11) is -4.19. The summed E-state index contributed by atoms with van der Waals surface area (Å²) in [5.74, 6) is -4.27. The van der Waals surface area contributed by atoms with Gasteiger partial charge in [-0.15, -0.1) is 0 Å². The highest BCUT2D eigenvalue weighted by molar-refractivity contribution is 7.89. The van der Waals surface area contributed by atoms with Crippen molar-refractivity contribution < 1.29 is 21.6 Å². The van der Waals surface area contributed by atoms with E-state index in [1.807, 2.05) is 4.72 Å². The molecule has 0 aliphatic rings. The normalized spacial score (nSPS) is 11.7. The molecule has 84 valence electrons. The maximum Gasteiger partial charge on any atom is 0.243 e. The van der Waals surface area contributed by atoms with Crippen molar-refractivity contribution in [3.8, 4) is 0 Å². The first-order valence-electron chi connectivity index (χ1n) is 4.02. The molecule has 1 aromatic rings. The maximum atomic E-state index is 13.0. The lowest BCUT2D eigenvalue weighted by Gasteiger charge is -2.06. The van der Waals surface area contributed by atoms with Gasteiger partial charge in [0.25, 0.3) is 0 Å². The van der Waals surface area contributed by atoms with Gasteiger partial charge >= 0.3 is 0 Å². The number of hydrogen-bond acceptors (Lipinski definition) is 2. The Hall–Kier alpha value is -1.08. The van der Waals surface area contributed by atoms with Crippen LogP contribution in [0.15, 0.2) is 17.0 Å². The third-order valence-corrected chi connectivity index (χ3v) is 3.13. The summed E-state index contributed by atoms with van der Waals surface area (Å²) in [6.45, 7) is 1.46. The summed E-state index contributed by atoms with van der Waals surface area (Å²) in [6, 6.07) is 0.705. The van der Waals surface area contributed by atoms with Crippen LogP contribution in [0.3, 0.4) is 0 Å². The van der Waals surface area contributed by atoms with E-state index in [0.717, 1.165) is 0 Å². The predicted octanol–water partition coefficient (Wildman–Crippen LogP) is 1.40. The van der Waals surface area contributed by atoms with E-state index >= 15 is 0 Å². The standard InChI is InChI=1S/C8H8F3NO2S/c1-2-12-15(13,14)7-4-5(9)3-6(10)8(7)11/h3-4,12H,2H2,1H3. The van der Waals surface area contributed by atoms with Crippen LogP contribution in [0.1, 0.15) is 6.92 Å². The van der Waals surface area contributed by atoms with Crippen LogP contribution in [0.4, 0.5) is 13.2 Å². The van der Waals surface area contributed by atoms with Crippen LogP contribution in [-0.4, -0.2) is 15.0 Å². The second-order valence-corrected chi connectivity index (χ2v) is 4.44. The quantitative estimate of drug-likeness (QED) is 0.810. The molecule has 0 saturated carbocycles. The molecule has 7 heteroatoms. The minimum Gasteiger partial charge on any atom is -0.211 e. The Balaban J connectivity index is 3.38. The Bertz CT molecular complexity index is 473. The fourth-order valence-corrected chi connectivity index (χ4v) is 2.13. The van der Waals surface area contributed by atoms with Crippen LogP contribution < -0.4 is 4.72 Å². The number of benzene rings is 1. The van der Waals surface area contributed by atoms with Crippen LogP contribution in [0.25, 0.3) is 0 Å². The number of rotatable bonds is 3. The van der Waals surface area contributed by atoms with Crippen LogP contribution in [-0.2, 0) is 10.0 Å². The minimum absolute atomic E-state index is 0.0000935. The van der Waals surface area contributed by atoms with Crippen molar-refractivity contribution in [1.29, 1.82) is 0 Å². The molecule has 0 fully saturated rings. The number of nitrogens with one attached hydrogen (secondary N) is 1. The average Bonchev–Trinajstić information content (AvgIpc) is 2.11. The van der Waals surface area contributed by atoms with Crippen molar-refractivity contribution in [1.82, 2.24) is 4.72 Å². The summed E-state index contributed by atoms with van der Waals surface area (Å²) in [5.41, 5.74) is 0. The van der Waals surface area contributed by atoms with Gasteiger partial charge in [-0.3, -0.25) is 0 Å². The predicted molar refractivity (Wildman–Crippen MR) is 47.2 cm³/mol. The van der Waals surface area contributed by atoms with Gasteiger partial charge in [-0.25, -0.2) is 26.3 Å². The van der Waals surface area contributed by atoms with Gasteiger partial charge in [-0.05, 0) is 6.07 Å². The van der Waals surface area contributed by atoms with Crippen molar-refractivity contribution in [2.24, 2.45) is 0 Å². The van der Waals surface area contributed by atoms with Crippen LogP contribution in [0.2, 0.25) is 0 Å². The van der Waals surface area contributed by atoms with Crippen molar-refractivity contribution in [2.75, 3.05) is 6.54 Å². The molecule has 0 saturated heterocycles. The lowest BCUT2D eigenvalue weighted by Crippen LogP contribution is -2.24. The van der Waals surface area contributed by atoms with Crippen LogP contribution >= 0.6 is 0 Å². The molecule has 1 aromatic carbocycles. The minimum atomic E-state index is -4.19. The molecule has 3 nitrogen and oxygen atoms in total. The van der Waals surface area contributed by atoms with Gasteiger partial charge in [0.15, 0.2) is 11.6 Å². The Morgan fingerprint density at radius 2 is 1.87 bits per heavy atom. The molecule has 0 aliphatic heterocycles. The van der Waals surface area contributed by atoms with Gasteiger partial charge in [-0.1, -0.05) is 6.92 Å². The van der Waals surface area contributed by atoms with E-state index in [2.05, 4.69) is 0 Å². The van der Waals surface area contributed by atoms with Gasteiger partial charge < -0.3 is 0 Å². The van der Waals surface area contributed by atoms with Crippen molar-refractivity contribution >= 4 is 10.0 Å². The molecule has 1 rings (SSSR count). The van der Waals surface area contributed by atoms with E-state index in [9.17, 15) is 21.6 Å². The Kier molecular flexibility index (Phi) is 3.35. The lowest BCUT2D eigenvalue weighted by atomic mass is 10.3. The highest BCUT2D eigenvalue weighted by Gasteiger charge is 2.22. The molecular formula is C8H8F3NO2S. The average molecular weight is 239 g/mol. The summed E-state index contributed by atoms with van der Waals surface area (Å²) >= 11 is 0. The molecule has 0 heterocycles. The van der Waals surface area contributed by atoms with E-state index < -0.39 is 32.4 Å². The molecule has 0 unspecified atom stereocenters. The van der Waals surface area contributed by atoms with Crippen molar-refractivity contribution in [3.05, 3.63) is 29.6 Å². The zero-order valence-electron chi connectivity index (χ0n) is 7.72. The fraction of sp³-hybridized carbons (Fsp3) is 0.250. The van der Waals surface area contributed by atoms with Gasteiger partial charge in [-0.2, -0.15) is 0 Å². The molecule has 1 N–H and O–H groups in total. The van der Waals surface area contributed by atoms with Crippen LogP contribution in [0, 0.1) is 17.5 Å². The van der Waals surface area contributed by atoms with Gasteiger partial charge in [0.1, 0.15) is 10.7 Å². The van der Waals surface area contributed by atoms with E-state index in [1.165, 1.54) is 6.92 Å². The fourth-order valence-electron chi connectivity index (χ4n) is 0.996. The maximum absolute atomic E-state index is 13.0. The van der Waals surface area contributed by atoms with Gasteiger partial charge in [0, 0.05) is 12.6 Å². The van der Waals surface area contributed by atoms with Crippen molar-refractivity contribution in [3.63, 3.8) is 0 Å². The summed E-state index contributed by atoms with van der Waals surface area (Å²) in [6.07, 6.45) is 0. The molecule has 0 atom stereocenters. The second kappa shape index (κ2) is 4.19. The number of hydrogen-bond donors (Lipinski definition) is 1. The van der Waals surface area contributed by atoms with Crippen molar-refractivity contribution in [2.45, 2.75) is 11.8 Å². The summed E-state index contributed by atoms with van der Waals surface area (Å²) < 4.78 is 62.9. The molecule has 0 bridgehead atoms. The molecule has 15 heavy (non-hydrogen) atoms. The zero-order valence-corrected chi connectivity index (χ0v) is 8.54. The SMILES string of the molecule is CCNS(=O)(=O)c1cc(F)cc(F)c1F. The first kappa shape index (κ1) is 12.0. The van der Waals surface area contributed by atoms with Gasteiger partial charge in [0.05, 0.1) is 0 Å². The molecule has 0 aromatic heterocycles. The summed E-state index contributed by atoms with van der Waals surface area (Å²) in [5, 5.41) is 0. The van der Waals surface area contributed by atoms with E-state index in [1.54, 1.807) is 0 Å². The Morgan fingerprint density at radius 1 is 1.27 bits per heavy atom. The summed E-state index contributed by atoms with van der Waals surface area (Å²) in [4.78, 5) is -1.03. The first-order chi connectivity index (χ1) is 6.88. The Morgan fingerprint density at radius 3 is 2.40 bits per heavy atom. The van der Waals surface area contributed by atoms with E-state index in [-0.39, 0.29) is 12.6 Å². The monoisotopic (exact) mass is 239 g/mol. The second-order valence-electron chi connectivity index (χ2n) is 2.70. The Labute approximate surface area is 85.0 Å². The van der Waals surface area contributed by atoms with E-state index in [4.69, 9.17) is 0 Å².